The molecule has 0 aromatic rings. The zero-order chi connectivity index (χ0) is 15.5. The highest BCUT2D eigenvalue weighted by atomic mass is 79.9. The van der Waals surface area contributed by atoms with Crippen molar-refractivity contribution in [3.8, 4) is 0 Å². The van der Waals surface area contributed by atoms with Crippen LogP contribution in [-0.4, -0.2) is 37.2 Å². The fourth-order valence-corrected chi connectivity index (χ4v) is 2.67. The Bertz CT molecular complexity index is 453. The summed E-state index contributed by atoms with van der Waals surface area (Å²) >= 11 is 6.19. The van der Waals surface area contributed by atoms with Gasteiger partial charge in [-0.1, -0.05) is 15.9 Å². The van der Waals surface area contributed by atoms with E-state index in [1.165, 1.54) is 6.92 Å². The highest BCUT2D eigenvalue weighted by Gasteiger charge is 2.57. The third-order valence-electron chi connectivity index (χ3n) is 2.77. The molecule has 1 aliphatic heterocycles. The van der Waals surface area contributed by atoms with Gasteiger partial charge in [0.2, 0.25) is 5.41 Å². The second-order valence-corrected chi connectivity index (χ2v) is 5.74. The Labute approximate surface area is 133 Å². The van der Waals surface area contributed by atoms with Crippen molar-refractivity contribution < 1.29 is 28.6 Å². The van der Waals surface area contributed by atoms with E-state index >= 15 is 0 Å². The fourth-order valence-electron chi connectivity index (χ4n) is 1.65. The lowest BCUT2D eigenvalue weighted by Crippen LogP contribution is -2.49. The number of carbonyl (C=O) groups excluding carboxylic acids is 3. The van der Waals surface area contributed by atoms with E-state index in [4.69, 9.17) is 14.2 Å². The lowest BCUT2D eigenvalue weighted by molar-refractivity contribution is -0.179. The van der Waals surface area contributed by atoms with E-state index in [0.717, 1.165) is 0 Å². The van der Waals surface area contributed by atoms with E-state index in [1.807, 2.05) is 0 Å². The van der Waals surface area contributed by atoms with Crippen molar-refractivity contribution in [3.05, 3.63) is 8.96 Å². The standard InChI is InChI=1S/C12H14Br2O6/c1-4-18-10(16)12(3,11(17)19-5-2)8-6(13)7(14)9(15)20-8/h8H,4-5H2,1-3H3. The molecular weight excluding hydrogens is 400 g/mol. The molecule has 0 aromatic heterocycles. The molecule has 0 amide bonds. The van der Waals surface area contributed by atoms with Gasteiger partial charge < -0.3 is 14.2 Å². The first-order valence-electron chi connectivity index (χ1n) is 5.91. The lowest BCUT2D eigenvalue weighted by Gasteiger charge is -2.29. The topological polar surface area (TPSA) is 78.9 Å². The zero-order valence-corrected chi connectivity index (χ0v) is 14.4. The maximum absolute atomic E-state index is 12.2. The van der Waals surface area contributed by atoms with Crippen molar-refractivity contribution in [2.24, 2.45) is 5.41 Å². The Morgan fingerprint density at radius 3 is 1.95 bits per heavy atom. The monoisotopic (exact) mass is 412 g/mol. The highest BCUT2D eigenvalue weighted by molar-refractivity contribution is 9.14. The van der Waals surface area contributed by atoms with Crippen molar-refractivity contribution in [1.82, 2.24) is 0 Å². The van der Waals surface area contributed by atoms with Crippen LogP contribution in [0.5, 0.6) is 0 Å². The number of hydrogen-bond donors (Lipinski definition) is 0. The van der Waals surface area contributed by atoms with Gasteiger partial charge in [0.25, 0.3) is 0 Å². The minimum Gasteiger partial charge on any atom is -0.465 e. The van der Waals surface area contributed by atoms with Crippen LogP contribution in [0.15, 0.2) is 8.96 Å². The average Bonchev–Trinajstić information content (AvgIpc) is 2.66. The maximum Gasteiger partial charge on any atom is 0.346 e. The van der Waals surface area contributed by atoms with Gasteiger partial charge in [0.15, 0.2) is 6.10 Å². The van der Waals surface area contributed by atoms with Crippen LogP contribution in [0.4, 0.5) is 0 Å². The highest BCUT2D eigenvalue weighted by Crippen LogP contribution is 2.42. The Hall–Kier alpha value is -0.890. The van der Waals surface area contributed by atoms with E-state index in [0.29, 0.717) is 0 Å². The van der Waals surface area contributed by atoms with Gasteiger partial charge in [-0.2, -0.15) is 0 Å². The molecule has 6 nitrogen and oxygen atoms in total. The van der Waals surface area contributed by atoms with Gasteiger partial charge in [-0.25, -0.2) is 4.79 Å². The van der Waals surface area contributed by atoms with Gasteiger partial charge in [-0.15, -0.1) is 0 Å². The molecule has 0 radical (unpaired) electrons. The van der Waals surface area contributed by atoms with Crippen molar-refractivity contribution in [2.75, 3.05) is 13.2 Å². The SMILES string of the molecule is CCOC(=O)C(C)(C(=O)OCC)C1OC(=O)C(Br)=C1Br. The molecule has 0 fully saturated rings. The van der Waals surface area contributed by atoms with Gasteiger partial charge in [0, 0.05) is 0 Å². The molecule has 1 aliphatic rings. The molecule has 1 rings (SSSR count). The maximum atomic E-state index is 12.2. The van der Waals surface area contributed by atoms with Crippen LogP contribution in [0.2, 0.25) is 0 Å². The van der Waals surface area contributed by atoms with Crippen LogP contribution in [0.25, 0.3) is 0 Å². The number of halogens is 2. The summed E-state index contributed by atoms with van der Waals surface area (Å²) in [6.07, 6.45) is -1.12. The lowest BCUT2D eigenvalue weighted by atomic mass is 9.84. The summed E-state index contributed by atoms with van der Waals surface area (Å²) < 4.78 is 15.3. The van der Waals surface area contributed by atoms with Gasteiger partial charge in [0.05, 0.1) is 17.7 Å². The van der Waals surface area contributed by atoms with E-state index in [1.54, 1.807) is 13.8 Å². The molecule has 112 valence electrons. The van der Waals surface area contributed by atoms with Crippen LogP contribution in [0.1, 0.15) is 20.8 Å². The smallest absolute Gasteiger partial charge is 0.346 e. The third-order valence-corrected chi connectivity index (χ3v) is 4.86. The minimum atomic E-state index is -1.77. The molecule has 0 saturated carbocycles. The minimum absolute atomic E-state index is 0.0942. The fraction of sp³-hybridized carbons (Fsp3) is 0.583. The summed E-state index contributed by atoms with van der Waals surface area (Å²) in [5.74, 6) is -2.28. The van der Waals surface area contributed by atoms with Crippen LogP contribution in [0, 0.1) is 5.41 Å². The predicted octanol–water partition coefficient (Wildman–Crippen LogP) is 2.05. The quantitative estimate of drug-likeness (QED) is 0.390. The van der Waals surface area contributed by atoms with Gasteiger partial charge >= 0.3 is 17.9 Å². The van der Waals surface area contributed by atoms with Crippen LogP contribution in [0.3, 0.4) is 0 Å². The Morgan fingerprint density at radius 1 is 1.20 bits per heavy atom. The van der Waals surface area contributed by atoms with E-state index < -0.39 is 29.4 Å². The molecule has 0 bridgehead atoms. The number of hydrogen-bond acceptors (Lipinski definition) is 6. The van der Waals surface area contributed by atoms with E-state index in [9.17, 15) is 14.4 Å². The van der Waals surface area contributed by atoms with Gasteiger partial charge in [-0.05, 0) is 36.7 Å². The molecule has 1 unspecified atom stereocenters. The molecule has 0 aliphatic carbocycles. The molecular formula is C12H14Br2O6. The number of cyclic esters (lactones) is 1. The van der Waals surface area contributed by atoms with Crippen molar-refractivity contribution >= 4 is 49.8 Å². The number of rotatable bonds is 5. The number of carbonyl (C=O) groups is 3. The van der Waals surface area contributed by atoms with Gasteiger partial charge in [0.1, 0.15) is 4.48 Å². The largest absolute Gasteiger partial charge is 0.465 e. The predicted molar refractivity (Wildman–Crippen MR) is 76.1 cm³/mol. The second kappa shape index (κ2) is 6.71. The summed E-state index contributed by atoms with van der Waals surface area (Å²) in [6, 6.07) is 0. The molecule has 0 spiro atoms. The van der Waals surface area contributed by atoms with Gasteiger partial charge in [-0.3, -0.25) is 9.59 Å². The molecule has 8 heteroatoms. The van der Waals surface area contributed by atoms with Crippen molar-refractivity contribution in [2.45, 2.75) is 26.9 Å². The number of esters is 3. The zero-order valence-electron chi connectivity index (χ0n) is 11.2. The molecule has 1 atom stereocenters. The molecule has 20 heavy (non-hydrogen) atoms. The molecule has 1 heterocycles. The summed E-state index contributed by atoms with van der Waals surface area (Å²) in [5.41, 5.74) is -1.77. The first kappa shape index (κ1) is 17.2. The summed E-state index contributed by atoms with van der Waals surface area (Å²) in [6.45, 7) is 4.75. The summed E-state index contributed by atoms with van der Waals surface area (Å²) in [4.78, 5) is 35.8. The van der Waals surface area contributed by atoms with E-state index in [-0.39, 0.29) is 22.2 Å². The first-order chi connectivity index (χ1) is 9.30. The number of ether oxygens (including phenoxy) is 3. The van der Waals surface area contributed by atoms with E-state index in [2.05, 4.69) is 31.9 Å². The molecule has 0 N–H and O–H groups in total. The Balaban J connectivity index is 3.22. The third kappa shape index (κ3) is 2.90. The Morgan fingerprint density at radius 2 is 1.65 bits per heavy atom. The van der Waals surface area contributed by atoms with Crippen molar-refractivity contribution in [1.29, 1.82) is 0 Å². The summed E-state index contributed by atoms with van der Waals surface area (Å²) in [5, 5.41) is 0. The second-order valence-electron chi connectivity index (χ2n) is 4.09. The molecule has 0 saturated heterocycles. The first-order valence-corrected chi connectivity index (χ1v) is 7.49. The summed E-state index contributed by atoms with van der Waals surface area (Å²) in [7, 11) is 0. The average molecular weight is 414 g/mol. The van der Waals surface area contributed by atoms with Crippen LogP contribution >= 0.6 is 31.9 Å². The normalized spacial score (nSPS) is 18.9. The van der Waals surface area contributed by atoms with Crippen LogP contribution in [-0.2, 0) is 28.6 Å². The Kier molecular flexibility index (Phi) is 5.76. The van der Waals surface area contributed by atoms with Crippen LogP contribution < -0.4 is 0 Å². The molecule has 0 aromatic carbocycles. The van der Waals surface area contributed by atoms with Crippen molar-refractivity contribution in [3.63, 3.8) is 0 Å².